The first kappa shape index (κ1) is 5.79. The van der Waals surface area contributed by atoms with Crippen molar-refractivity contribution in [3.05, 3.63) is 6.92 Å². The molecule has 0 aromatic rings. The molecular weight excluding hydrogens is 80.0 g/mol. The minimum atomic E-state index is -1.71. The number of rotatable bonds is 1. The molecule has 0 saturated heterocycles. The van der Waals surface area contributed by atoms with Gasteiger partial charge >= 0.3 is 5.79 Å². The molecule has 0 amide bonds. The van der Waals surface area contributed by atoms with Crippen LogP contribution in [0.4, 0.5) is 0 Å². The molecule has 0 saturated carbocycles. The summed E-state index contributed by atoms with van der Waals surface area (Å²) in [5.74, 6) is -1.71. The Kier molecular flexibility index (Phi) is 1.44. The van der Waals surface area contributed by atoms with E-state index in [-0.39, 0.29) is 6.42 Å². The average molecular weight is 89.1 g/mol. The van der Waals surface area contributed by atoms with Gasteiger partial charge in [-0.25, -0.2) is 0 Å². The second-order valence-corrected chi connectivity index (χ2v) is 1.34. The van der Waals surface area contributed by atoms with Crippen LogP contribution in [-0.4, -0.2) is 16.0 Å². The summed E-state index contributed by atoms with van der Waals surface area (Å²) >= 11 is 0. The third-order valence-electron chi connectivity index (χ3n) is 0.566. The van der Waals surface area contributed by atoms with Crippen molar-refractivity contribution in [2.75, 3.05) is 0 Å². The lowest BCUT2D eigenvalue weighted by Crippen LogP contribution is -2.20. The summed E-state index contributed by atoms with van der Waals surface area (Å²) in [6, 6.07) is 0. The molecule has 0 aliphatic carbocycles. The van der Waals surface area contributed by atoms with Crippen LogP contribution in [0.25, 0.3) is 0 Å². The van der Waals surface area contributed by atoms with Crippen molar-refractivity contribution in [3.8, 4) is 0 Å². The van der Waals surface area contributed by atoms with Crippen LogP contribution in [-0.2, 0) is 0 Å². The molecule has 2 nitrogen and oxygen atoms in total. The molecule has 0 atom stereocenters. The standard InChI is InChI=1S/C4H9O2/c1-3-4(2,5)6/h5-6H,2-3H2,1H3/q+1. The molecule has 36 valence electrons. The maximum Gasteiger partial charge on any atom is 0.309 e. The van der Waals surface area contributed by atoms with E-state index in [1.807, 2.05) is 0 Å². The van der Waals surface area contributed by atoms with E-state index in [1.54, 1.807) is 6.92 Å². The number of aliphatic hydroxyl groups is 2. The summed E-state index contributed by atoms with van der Waals surface area (Å²) < 4.78 is 0. The Labute approximate surface area is 37.4 Å². The molecule has 0 fully saturated rings. The summed E-state index contributed by atoms with van der Waals surface area (Å²) in [7, 11) is 0. The van der Waals surface area contributed by atoms with Crippen molar-refractivity contribution in [1.82, 2.24) is 0 Å². The van der Waals surface area contributed by atoms with Gasteiger partial charge in [0.2, 0.25) is 0 Å². The minimum absolute atomic E-state index is 0.271. The molecule has 0 aliphatic rings. The molecule has 0 aromatic carbocycles. The molecule has 0 bridgehead atoms. The summed E-state index contributed by atoms with van der Waals surface area (Å²) in [5, 5.41) is 16.5. The highest BCUT2D eigenvalue weighted by molar-refractivity contribution is 4.61. The predicted octanol–water partition coefficient (Wildman–Crippen LogP) is -0.0886. The van der Waals surface area contributed by atoms with E-state index in [9.17, 15) is 0 Å². The van der Waals surface area contributed by atoms with Gasteiger partial charge in [0.1, 0.15) is 6.92 Å². The van der Waals surface area contributed by atoms with Gasteiger partial charge in [-0.2, -0.15) is 0 Å². The first-order valence-corrected chi connectivity index (χ1v) is 1.86. The average Bonchev–Trinajstić information content (AvgIpc) is 1.35. The Bertz CT molecular complexity index is 35.3. The Morgan fingerprint density at radius 2 is 1.83 bits per heavy atom. The van der Waals surface area contributed by atoms with Gasteiger partial charge in [0.25, 0.3) is 0 Å². The van der Waals surface area contributed by atoms with Gasteiger partial charge in [0.15, 0.2) is 0 Å². The summed E-state index contributed by atoms with van der Waals surface area (Å²) in [5.41, 5.74) is 0. The summed E-state index contributed by atoms with van der Waals surface area (Å²) in [6.07, 6.45) is 0.271. The van der Waals surface area contributed by atoms with Crippen LogP contribution in [0.5, 0.6) is 0 Å². The molecule has 0 aliphatic heterocycles. The zero-order valence-electron chi connectivity index (χ0n) is 3.81. The maximum absolute atomic E-state index is 8.27. The van der Waals surface area contributed by atoms with E-state index >= 15 is 0 Å². The van der Waals surface area contributed by atoms with E-state index < -0.39 is 5.79 Å². The fraction of sp³-hybridized carbons (Fsp3) is 0.750. The van der Waals surface area contributed by atoms with Gasteiger partial charge in [-0.1, -0.05) is 6.92 Å². The Morgan fingerprint density at radius 1 is 1.67 bits per heavy atom. The van der Waals surface area contributed by atoms with Crippen molar-refractivity contribution in [3.63, 3.8) is 0 Å². The van der Waals surface area contributed by atoms with Gasteiger partial charge in [-0.15, -0.1) is 0 Å². The molecule has 6 heavy (non-hydrogen) atoms. The van der Waals surface area contributed by atoms with Crippen LogP contribution in [0.1, 0.15) is 13.3 Å². The summed E-state index contributed by atoms with van der Waals surface area (Å²) in [4.78, 5) is 0. The second kappa shape index (κ2) is 1.49. The van der Waals surface area contributed by atoms with Crippen LogP contribution in [0.3, 0.4) is 0 Å². The lowest BCUT2D eigenvalue weighted by Gasteiger charge is -2.00. The SMILES string of the molecule is [CH2+]C(O)(O)CC. The molecule has 0 rings (SSSR count). The normalized spacial score (nSPS) is 11.8. The molecule has 2 N–H and O–H groups in total. The second-order valence-electron chi connectivity index (χ2n) is 1.34. The van der Waals surface area contributed by atoms with E-state index in [1.165, 1.54) is 0 Å². The lowest BCUT2D eigenvalue weighted by atomic mass is 10.3. The van der Waals surface area contributed by atoms with Gasteiger partial charge < -0.3 is 10.2 Å². The lowest BCUT2D eigenvalue weighted by molar-refractivity contribution is -0.122. The van der Waals surface area contributed by atoms with Gasteiger partial charge in [-0.05, 0) is 0 Å². The first-order chi connectivity index (χ1) is 2.56. The highest BCUT2D eigenvalue weighted by Gasteiger charge is 2.18. The highest BCUT2D eigenvalue weighted by Crippen LogP contribution is 1.98. The largest absolute Gasteiger partial charge is 0.329 e. The van der Waals surface area contributed by atoms with Crippen molar-refractivity contribution in [2.24, 2.45) is 0 Å². The van der Waals surface area contributed by atoms with Crippen molar-refractivity contribution in [2.45, 2.75) is 19.1 Å². The highest BCUT2D eigenvalue weighted by atomic mass is 16.5. The molecule has 2 heteroatoms. The van der Waals surface area contributed by atoms with Gasteiger partial charge in [0, 0.05) is 6.42 Å². The third-order valence-corrected chi connectivity index (χ3v) is 0.566. The van der Waals surface area contributed by atoms with Crippen LogP contribution < -0.4 is 0 Å². The first-order valence-electron chi connectivity index (χ1n) is 1.86. The van der Waals surface area contributed by atoms with Crippen molar-refractivity contribution in [1.29, 1.82) is 0 Å². The van der Waals surface area contributed by atoms with Crippen molar-refractivity contribution >= 4 is 0 Å². The maximum atomic E-state index is 8.27. The van der Waals surface area contributed by atoms with E-state index in [0.717, 1.165) is 0 Å². The van der Waals surface area contributed by atoms with Crippen LogP contribution >= 0.6 is 0 Å². The predicted molar refractivity (Wildman–Crippen MR) is 22.8 cm³/mol. The summed E-state index contributed by atoms with van der Waals surface area (Å²) in [6.45, 7) is 4.65. The molecule has 0 aromatic heterocycles. The molecule has 0 radical (unpaired) electrons. The minimum Gasteiger partial charge on any atom is -0.329 e. The quantitative estimate of drug-likeness (QED) is 0.348. The fourth-order valence-electron chi connectivity index (χ4n) is 0. The zero-order valence-corrected chi connectivity index (χ0v) is 3.81. The van der Waals surface area contributed by atoms with E-state index in [4.69, 9.17) is 10.2 Å². The van der Waals surface area contributed by atoms with E-state index in [0.29, 0.717) is 0 Å². The van der Waals surface area contributed by atoms with Crippen LogP contribution in [0.15, 0.2) is 0 Å². The monoisotopic (exact) mass is 89.1 g/mol. The Balaban J connectivity index is 3.17. The third kappa shape index (κ3) is 3.79. The molecule has 0 spiro atoms. The molecule has 0 unspecified atom stereocenters. The molecular formula is C4H9O2+. The zero-order chi connectivity index (χ0) is 5.21. The van der Waals surface area contributed by atoms with Crippen LogP contribution in [0.2, 0.25) is 0 Å². The van der Waals surface area contributed by atoms with Crippen LogP contribution in [0, 0.1) is 6.92 Å². The van der Waals surface area contributed by atoms with E-state index in [2.05, 4.69) is 6.92 Å². The fourth-order valence-corrected chi connectivity index (χ4v) is 0. The van der Waals surface area contributed by atoms with Crippen molar-refractivity contribution < 1.29 is 10.2 Å². The number of hydrogen-bond acceptors (Lipinski definition) is 2. The number of hydrogen-bond donors (Lipinski definition) is 2. The Morgan fingerprint density at radius 3 is 1.83 bits per heavy atom. The topological polar surface area (TPSA) is 40.5 Å². The molecule has 0 heterocycles. The Hall–Kier alpha value is -0.210. The van der Waals surface area contributed by atoms with Gasteiger partial charge in [-0.3, -0.25) is 0 Å². The smallest absolute Gasteiger partial charge is 0.309 e. The van der Waals surface area contributed by atoms with Gasteiger partial charge in [0.05, 0.1) is 0 Å².